The average molecular weight is 486 g/mol. The monoisotopic (exact) mass is 485 g/mol. The number of ether oxygens (including phenoxy) is 3. The third kappa shape index (κ3) is 3.90. The molecule has 1 aromatic heterocycles. The minimum Gasteiger partial charge on any atom is -0.507 e. The predicted molar refractivity (Wildman–Crippen MR) is 135 cm³/mol. The summed E-state index contributed by atoms with van der Waals surface area (Å²) >= 11 is 0. The average Bonchev–Trinajstić information content (AvgIpc) is 3.46. The van der Waals surface area contributed by atoms with Crippen LogP contribution in [-0.4, -0.2) is 54.0 Å². The summed E-state index contributed by atoms with van der Waals surface area (Å²) in [6.07, 6.45) is 0.678. The van der Waals surface area contributed by atoms with Crippen LogP contribution in [0.3, 0.4) is 0 Å². The van der Waals surface area contributed by atoms with E-state index >= 15 is 0 Å². The molecule has 0 bridgehead atoms. The molecule has 0 saturated carbocycles. The number of carbonyl (C=O) groups is 1. The number of nitrogens with one attached hydrogen (secondary N) is 1. The lowest BCUT2D eigenvalue weighted by Crippen LogP contribution is -2.31. The minimum absolute atomic E-state index is 0.0885. The molecule has 1 atom stereocenters. The molecule has 8 heteroatoms. The molecule has 2 N–H and O–H groups in total. The number of hydrogen-bond donors (Lipinski definition) is 2. The smallest absolute Gasteiger partial charge is 0.273 e. The van der Waals surface area contributed by atoms with Gasteiger partial charge in [0.25, 0.3) is 5.91 Å². The number of amides is 1. The van der Waals surface area contributed by atoms with Crippen LogP contribution in [0.2, 0.25) is 0 Å². The molecule has 36 heavy (non-hydrogen) atoms. The molecular formula is C28H27N3O5. The van der Waals surface area contributed by atoms with Crippen LogP contribution in [-0.2, 0) is 6.42 Å². The van der Waals surface area contributed by atoms with E-state index in [0.29, 0.717) is 52.7 Å². The molecule has 184 valence electrons. The van der Waals surface area contributed by atoms with E-state index in [-0.39, 0.29) is 11.7 Å². The van der Waals surface area contributed by atoms with E-state index in [9.17, 15) is 9.90 Å². The van der Waals surface area contributed by atoms with Gasteiger partial charge in [-0.3, -0.25) is 9.89 Å². The third-order valence-corrected chi connectivity index (χ3v) is 6.51. The highest BCUT2D eigenvalue weighted by atomic mass is 16.5. The van der Waals surface area contributed by atoms with Gasteiger partial charge in [0.1, 0.15) is 17.1 Å². The van der Waals surface area contributed by atoms with E-state index in [1.54, 1.807) is 39.5 Å². The van der Waals surface area contributed by atoms with E-state index in [1.807, 2.05) is 53.4 Å². The lowest BCUT2D eigenvalue weighted by Gasteiger charge is -2.27. The number of H-pyrrole nitrogens is 1. The maximum Gasteiger partial charge on any atom is 0.273 e. The van der Waals surface area contributed by atoms with Crippen LogP contribution in [0, 0.1) is 0 Å². The first-order valence-electron chi connectivity index (χ1n) is 11.6. The zero-order valence-corrected chi connectivity index (χ0v) is 20.3. The van der Waals surface area contributed by atoms with E-state index in [2.05, 4.69) is 10.2 Å². The normalized spacial score (nSPS) is 14.6. The number of aromatic nitrogens is 2. The van der Waals surface area contributed by atoms with E-state index in [0.717, 1.165) is 11.1 Å². The zero-order chi connectivity index (χ0) is 25.2. The van der Waals surface area contributed by atoms with Crippen LogP contribution in [0.4, 0.5) is 0 Å². The van der Waals surface area contributed by atoms with Crippen LogP contribution in [0.15, 0.2) is 66.7 Å². The molecular weight excluding hydrogens is 458 g/mol. The highest BCUT2D eigenvalue weighted by Gasteiger charge is 2.43. The Hall–Kier alpha value is -4.46. The molecule has 0 radical (unpaired) electrons. The molecule has 2 heterocycles. The summed E-state index contributed by atoms with van der Waals surface area (Å²) in [5.41, 5.74) is 4.08. The van der Waals surface area contributed by atoms with Gasteiger partial charge in [-0.25, -0.2) is 0 Å². The summed E-state index contributed by atoms with van der Waals surface area (Å²) in [5.74, 6) is 1.38. The number of hydrogen-bond acceptors (Lipinski definition) is 6. The number of nitrogens with zero attached hydrogens (tertiary/aromatic N) is 2. The van der Waals surface area contributed by atoms with Crippen molar-refractivity contribution in [1.29, 1.82) is 0 Å². The van der Waals surface area contributed by atoms with Crippen molar-refractivity contribution >= 4 is 5.91 Å². The first-order chi connectivity index (χ1) is 17.6. The van der Waals surface area contributed by atoms with Gasteiger partial charge in [-0.1, -0.05) is 42.5 Å². The maximum atomic E-state index is 13.7. The second kappa shape index (κ2) is 9.65. The zero-order valence-electron chi connectivity index (χ0n) is 20.3. The fourth-order valence-electron chi connectivity index (χ4n) is 4.81. The van der Waals surface area contributed by atoms with Crippen LogP contribution < -0.4 is 14.2 Å². The largest absolute Gasteiger partial charge is 0.507 e. The molecule has 1 unspecified atom stereocenters. The third-order valence-electron chi connectivity index (χ3n) is 6.51. The van der Waals surface area contributed by atoms with E-state index in [4.69, 9.17) is 14.2 Å². The highest BCUT2D eigenvalue weighted by Crippen LogP contribution is 2.48. The Labute approximate surface area is 209 Å². The summed E-state index contributed by atoms with van der Waals surface area (Å²) in [4.78, 5) is 15.5. The standard InChI is InChI=1S/C28H27N3O5/c1-34-21-15-18(16-22(35-2)27(21)36-3)26-23-24(19-11-7-8-12-20(19)32)29-30-25(23)28(33)31(26)14-13-17-9-5-4-6-10-17/h4-12,15-16,26,32H,13-14H2,1-3H3,(H,29,30). The van der Waals surface area contributed by atoms with Crippen molar-refractivity contribution in [3.63, 3.8) is 0 Å². The lowest BCUT2D eigenvalue weighted by molar-refractivity contribution is 0.0745. The minimum atomic E-state index is -0.488. The van der Waals surface area contributed by atoms with E-state index in [1.165, 1.54) is 0 Å². The molecule has 1 amide bonds. The van der Waals surface area contributed by atoms with Crippen molar-refractivity contribution in [2.24, 2.45) is 0 Å². The number of methoxy groups -OCH3 is 3. The Morgan fingerprint density at radius 2 is 1.61 bits per heavy atom. The number of rotatable bonds is 8. The maximum absolute atomic E-state index is 13.7. The van der Waals surface area contributed by atoms with Gasteiger partial charge in [-0.05, 0) is 41.8 Å². The number of fused-ring (bicyclic) bond motifs is 1. The van der Waals surface area contributed by atoms with E-state index < -0.39 is 6.04 Å². The number of benzene rings is 3. The van der Waals surface area contributed by atoms with Gasteiger partial charge in [-0.2, -0.15) is 5.10 Å². The fraction of sp³-hybridized carbons (Fsp3) is 0.214. The van der Waals surface area contributed by atoms with Crippen molar-refractivity contribution in [2.75, 3.05) is 27.9 Å². The Morgan fingerprint density at radius 3 is 2.25 bits per heavy atom. The molecule has 0 spiro atoms. The number of aromatic amines is 1. The predicted octanol–water partition coefficient (Wildman–Crippen LogP) is 4.60. The highest BCUT2D eigenvalue weighted by molar-refractivity contribution is 6.00. The van der Waals surface area contributed by atoms with Gasteiger partial charge < -0.3 is 24.2 Å². The van der Waals surface area contributed by atoms with Crippen LogP contribution >= 0.6 is 0 Å². The number of phenols is 1. The first kappa shape index (κ1) is 23.3. The summed E-state index contributed by atoms with van der Waals surface area (Å²) in [7, 11) is 4.67. The Kier molecular flexibility index (Phi) is 6.25. The molecule has 4 aromatic rings. The van der Waals surface area contributed by atoms with Crippen molar-refractivity contribution in [3.8, 4) is 34.3 Å². The number of carbonyl (C=O) groups excluding carboxylic acids is 1. The number of aromatic hydroxyl groups is 1. The van der Waals surface area contributed by atoms with Gasteiger partial charge in [0.05, 0.1) is 27.4 Å². The van der Waals surface area contributed by atoms with Crippen LogP contribution in [0.1, 0.15) is 33.2 Å². The van der Waals surface area contributed by atoms with Gasteiger partial charge >= 0.3 is 0 Å². The quantitative estimate of drug-likeness (QED) is 0.379. The number of phenolic OH excluding ortho intramolecular Hbond substituents is 1. The SMILES string of the molecule is COc1cc(C2c3c(-c4ccccc4O)n[nH]c3C(=O)N2CCc2ccccc2)cc(OC)c1OC. The van der Waals surface area contributed by atoms with Gasteiger partial charge in [0.2, 0.25) is 5.75 Å². The number of para-hydroxylation sites is 1. The summed E-state index contributed by atoms with van der Waals surface area (Å²) in [6.45, 7) is 0.479. The summed E-state index contributed by atoms with van der Waals surface area (Å²) in [6, 6.07) is 20.2. The summed E-state index contributed by atoms with van der Waals surface area (Å²) < 4.78 is 16.7. The van der Waals surface area contributed by atoms with Crippen LogP contribution in [0.25, 0.3) is 11.3 Å². The Balaban J connectivity index is 1.66. The molecule has 8 nitrogen and oxygen atoms in total. The topological polar surface area (TPSA) is 96.9 Å². The van der Waals surface area contributed by atoms with Gasteiger partial charge in [-0.15, -0.1) is 0 Å². The van der Waals surface area contributed by atoms with Crippen molar-refractivity contribution in [2.45, 2.75) is 12.5 Å². The lowest BCUT2D eigenvalue weighted by atomic mass is 9.95. The molecule has 0 aliphatic carbocycles. The fourth-order valence-corrected chi connectivity index (χ4v) is 4.81. The molecule has 0 fully saturated rings. The van der Waals surface area contributed by atoms with Gasteiger partial charge in [0.15, 0.2) is 11.5 Å². The Morgan fingerprint density at radius 1 is 0.944 bits per heavy atom. The molecule has 3 aromatic carbocycles. The second-order valence-corrected chi connectivity index (χ2v) is 8.47. The first-order valence-corrected chi connectivity index (χ1v) is 11.6. The molecule has 5 rings (SSSR count). The van der Waals surface area contributed by atoms with Crippen molar-refractivity contribution in [3.05, 3.63) is 89.1 Å². The van der Waals surface area contributed by atoms with Crippen LogP contribution in [0.5, 0.6) is 23.0 Å². The van der Waals surface area contributed by atoms with Crippen molar-refractivity contribution in [1.82, 2.24) is 15.1 Å². The summed E-state index contributed by atoms with van der Waals surface area (Å²) in [5, 5.41) is 18.0. The molecule has 1 aliphatic rings. The molecule has 1 aliphatic heterocycles. The Bertz CT molecular complexity index is 1370. The second-order valence-electron chi connectivity index (χ2n) is 8.47. The molecule has 0 saturated heterocycles. The van der Waals surface area contributed by atoms with Crippen molar-refractivity contribution < 1.29 is 24.1 Å². The van der Waals surface area contributed by atoms with Gasteiger partial charge in [0, 0.05) is 17.7 Å².